The predicted octanol–water partition coefficient (Wildman–Crippen LogP) is 2.79. The molecule has 0 unspecified atom stereocenters. The van der Waals surface area contributed by atoms with Gasteiger partial charge in [0, 0.05) is 50.3 Å². The first-order valence-corrected chi connectivity index (χ1v) is 8.86. The Morgan fingerprint density at radius 1 is 1.33 bits per heavy atom. The minimum absolute atomic E-state index is 0.0742. The van der Waals surface area contributed by atoms with Crippen LogP contribution in [0, 0.1) is 27.3 Å². The molecule has 4 rings (SSSR count). The number of rotatable bonds is 5. The molecule has 0 atom stereocenters. The van der Waals surface area contributed by atoms with Crippen LogP contribution in [0.15, 0.2) is 22.6 Å². The van der Waals surface area contributed by atoms with Gasteiger partial charge in [-0.1, -0.05) is 0 Å². The van der Waals surface area contributed by atoms with Gasteiger partial charge in [-0.2, -0.15) is 5.26 Å². The molecule has 2 fully saturated rings. The summed E-state index contributed by atoms with van der Waals surface area (Å²) in [5.74, 6) is 0.998. The Morgan fingerprint density at radius 3 is 2.70 bits per heavy atom. The summed E-state index contributed by atoms with van der Waals surface area (Å²) in [6.07, 6.45) is 2.09. The van der Waals surface area contributed by atoms with Gasteiger partial charge >= 0.3 is 0 Å². The molecular formula is C18H18FN5O3. The molecule has 0 amide bonds. The van der Waals surface area contributed by atoms with E-state index in [1.807, 2.05) is 9.80 Å². The molecule has 0 bridgehead atoms. The minimum atomic E-state index is -0.488. The lowest BCUT2D eigenvalue weighted by Gasteiger charge is -2.34. The Hall–Kier alpha value is -2.99. The van der Waals surface area contributed by atoms with Crippen LogP contribution in [-0.2, 0) is 6.54 Å². The second-order valence-corrected chi connectivity index (χ2v) is 6.89. The van der Waals surface area contributed by atoms with Crippen molar-refractivity contribution in [2.75, 3.05) is 31.1 Å². The van der Waals surface area contributed by atoms with Gasteiger partial charge in [-0.25, -0.2) is 9.37 Å². The monoisotopic (exact) mass is 371 g/mol. The SMILES string of the molecule is N#Cc1nc(C2CC2)oc1N1CCN(Cc2cc(F)ccc2[N+](=O)[O-])CC1. The average molecular weight is 371 g/mol. The van der Waals surface area contributed by atoms with Crippen LogP contribution in [0.4, 0.5) is 16.0 Å². The van der Waals surface area contributed by atoms with Gasteiger partial charge in [0.2, 0.25) is 17.5 Å². The summed E-state index contributed by atoms with van der Waals surface area (Å²) in [7, 11) is 0. The van der Waals surface area contributed by atoms with Crippen molar-refractivity contribution in [1.82, 2.24) is 9.88 Å². The molecule has 0 N–H and O–H groups in total. The summed E-state index contributed by atoms with van der Waals surface area (Å²) < 4.78 is 19.3. The van der Waals surface area contributed by atoms with Crippen LogP contribution in [0.1, 0.15) is 35.9 Å². The third kappa shape index (κ3) is 3.61. The van der Waals surface area contributed by atoms with Gasteiger partial charge in [-0.05, 0) is 25.0 Å². The second kappa shape index (κ2) is 6.96. The van der Waals surface area contributed by atoms with Crippen LogP contribution >= 0.6 is 0 Å². The average Bonchev–Trinajstić information content (AvgIpc) is 3.41. The van der Waals surface area contributed by atoms with E-state index in [-0.39, 0.29) is 5.69 Å². The highest BCUT2D eigenvalue weighted by molar-refractivity contribution is 5.49. The molecule has 0 radical (unpaired) electrons. The van der Waals surface area contributed by atoms with Crippen molar-refractivity contribution in [3.63, 3.8) is 0 Å². The van der Waals surface area contributed by atoms with Crippen molar-refractivity contribution in [3.05, 3.63) is 51.3 Å². The number of halogens is 1. The van der Waals surface area contributed by atoms with Crippen LogP contribution in [0.5, 0.6) is 0 Å². The molecule has 1 aromatic heterocycles. The summed E-state index contributed by atoms with van der Waals surface area (Å²) in [6, 6.07) is 5.62. The van der Waals surface area contributed by atoms with E-state index in [1.165, 1.54) is 12.1 Å². The highest BCUT2D eigenvalue weighted by atomic mass is 19.1. The van der Waals surface area contributed by atoms with Gasteiger partial charge in [0.15, 0.2) is 0 Å². The van der Waals surface area contributed by atoms with Crippen molar-refractivity contribution >= 4 is 11.6 Å². The summed E-state index contributed by atoms with van der Waals surface area (Å²) in [5.41, 5.74) is 0.600. The van der Waals surface area contributed by atoms with Crippen molar-refractivity contribution in [2.24, 2.45) is 0 Å². The zero-order valence-electron chi connectivity index (χ0n) is 14.6. The van der Waals surface area contributed by atoms with Gasteiger partial charge in [0.1, 0.15) is 11.9 Å². The zero-order valence-corrected chi connectivity index (χ0v) is 14.6. The van der Waals surface area contributed by atoms with Crippen LogP contribution in [-0.4, -0.2) is 41.0 Å². The number of hydrogen-bond donors (Lipinski definition) is 0. The Balaban J connectivity index is 1.43. The summed E-state index contributed by atoms with van der Waals surface area (Å²) in [5, 5.41) is 20.5. The first-order valence-electron chi connectivity index (χ1n) is 8.86. The van der Waals surface area contributed by atoms with Crippen molar-refractivity contribution < 1.29 is 13.7 Å². The number of nitrogens with zero attached hydrogens (tertiary/aromatic N) is 5. The molecule has 1 aliphatic carbocycles. The normalized spacial score (nSPS) is 17.7. The maximum atomic E-state index is 13.5. The van der Waals surface area contributed by atoms with Gasteiger partial charge < -0.3 is 9.32 Å². The first kappa shape index (κ1) is 17.4. The van der Waals surface area contributed by atoms with Crippen LogP contribution in [0.2, 0.25) is 0 Å². The number of oxazole rings is 1. The number of aromatic nitrogens is 1. The number of benzene rings is 1. The fourth-order valence-corrected chi connectivity index (χ4v) is 3.33. The van der Waals surface area contributed by atoms with E-state index >= 15 is 0 Å². The lowest BCUT2D eigenvalue weighted by Crippen LogP contribution is -2.46. The highest BCUT2D eigenvalue weighted by Gasteiger charge is 2.32. The van der Waals surface area contributed by atoms with E-state index in [4.69, 9.17) is 4.42 Å². The topological polar surface area (TPSA) is 99.4 Å². The van der Waals surface area contributed by atoms with Crippen LogP contribution in [0.3, 0.4) is 0 Å². The van der Waals surface area contributed by atoms with E-state index < -0.39 is 10.7 Å². The van der Waals surface area contributed by atoms with E-state index in [9.17, 15) is 19.8 Å². The fraction of sp³-hybridized carbons (Fsp3) is 0.444. The van der Waals surface area contributed by atoms with Crippen LogP contribution < -0.4 is 4.90 Å². The Bertz CT molecular complexity index is 910. The maximum absolute atomic E-state index is 13.5. The standard InChI is InChI=1S/C18H18FN5O3/c19-14-3-4-16(24(25)26)13(9-14)11-22-5-7-23(8-6-22)18-15(10-20)21-17(27-18)12-1-2-12/h3-4,9,12H,1-2,5-8,11H2. The quantitative estimate of drug-likeness (QED) is 0.588. The number of anilines is 1. The third-order valence-corrected chi connectivity index (χ3v) is 4.95. The molecule has 27 heavy (non-hydrogen) atoms. The zero-order chi connectivity index (χ0) is 19.0. The van der Waals surface area contributed by atoms with Crippen molar-refractivity contribution in [3.8, 4) is 6.07 Å². The molecule has 2 aliphatic rings. The van der Waals surface area contributed by atoms with E-state index in [2.05, 4.69) is 11.1 Å². The minimum Gasteiger partial charge on any atom is -0.423 e. The molecule has 2 aromatic rings. The molecule has 1 saturated heterocycles. The fourth-order valence-electron chi connectivity index (χ4n) is 3.33. The molecule has 9 heteroatoms. The molecule has 1 aliphatic heterocycles. The highest BCUT2D eigenvalue weighted by Crippen LogP contribution is 2.41. The van der Waals surface area contributed by atoms with Gasteiger partial charge in [0.25, 0.3) is 5.69 Å². The summed E-state index contributed by atoms with van der Waals surface area (Å²) >= 11 is 0. The van der Waals surface area contributed by atoms with Gasteiger partial charge in [0.05, 0.1) is 4.92 Å². The van der Waals surface area contributed by atoms with Gasteiger partial charge in [-0.3, -0.25) is 15.0 Å². The molecule has 0 spiro atoms. The molecule has 2 heterocycles. The van der Waals surface area contributed by atoms with E-state index in [0.29, 0.717) is 61.7 Å². The second-order valence-electron chi connectivity index (χ2n) is 6.89. The van der Waals surface area contributed by atoms with E-state index in [0.717, 1.165) is 18.9 Å². The van der Waals surface area contributed by atoms with Crippen molar-refractivity contribution in [2.45, 2.75) is 25.3 Å². The number of nitro benzene ring substituents is 1. The Kier molecular flexibility index (Phi) is 4.49. The smallest absolute Gasteiger partial charge is 0.274 e. The first-order chi connectivity index (χ1) is 13.0. The molecule has 1 saturated carbocycles. The maximum Gasteiger partial charge on any atom is 0.274 e. The number of nitro groups is 1. The summed E-state index contributed by atoms with van der Waals surface area (Å²) in [6.45, 7) is 2.76. The largest absolute Gasteiger partial charge is 0.423 e. The van der Waals surface area contributed by atoms with Crippen LogP contribution in [0.25, 0.3) is 0 Å². The van der Waals surface area contributed by atoms with Crippen molar-refractivity contribution in [1.29, 1.82) is 5.26 Å². The number of piperazine rings is 1. The van der Waals surface area contributed by atoms with Gasteiger partial charge in [-0.15, -0.1) is 0 Å². The Labute approximate surface area is 155 Å². The molecule has 1 aromatic carbocycles. The lowest BCUT2D eigenvalue weighted by atomic mass is 10.1. The van der Waals surface area contributed by atoms with E-state index in [1.54, 1.807) is 0 Å². The predicted molar refractivity (Wildman–Crippen MR) is 93.7 cm³/mol. The third-order valence-electron chi connectivity index (χ3n) is 4.95. The molecule has 8 nitrogen and oxygen atoms in total. The summed E-state index contributed by atoms with van der Waals surface area (Å²) in [4.78, 5) is 19.0. The molecular weight excluding hydrogens is 353 g/mol. The number of hydrogen-bond acceptors (Lipinski definition) is 7. The Morgan fingerprint density at radius 2 is 2.07 bits per heavy atom. The number of nitriles is 1. The molecule has 140 valence electrons. The lowest BCUT2D eigenvalue weighted by molar-refractivity contribution is -0.385.